The molecule has 3 rings (SSSR count). The van der Waals surface area contributed by atoms with Gasteiger partial charge in [0.15, 0.2) is 0 Å². The first-order valence-corrected chi connectivity index (χ1v) is 7.78. The van der Waals surface area contributed by atoms with E-state index in [0.717, 1.165) is 24.9 Å². The van der Waals surface area contributed by atoms with Crippen molar-refractivity contribution in [2.24, 2.45) is 11.8 Å². The highest BCUT2D eigenvalue weighted by Crippen LogP contribution is 2.49. The average molecular weight is 309 g/mol. The molecule has 0 bridgehead atoms. The van der Waals surface area contributed by atoms with Gasteiger partial charge in [-0.2, -0.15) is 0 Å². The first-order chi connectivity index (χ1) is 10.5. The molecule has 1 saturated heterocycles. The summed E-state index contributed by atoms with van der Waals surface area (Å²) in [4.78, 5) is 11.4. The molecule has 1 aromatic carbocycles. The topological polar surface area (TPSA) is 38.3 Å². The number of nitrogens with one attached hydrogen (secondary N) is 1. The first-order valence-electron chi connectivity index (χ1n) is 7.78. The molecular formula is C17H21F2NO2. The molecule has 1 N–H and O–H groups in total. The summed E-state index contributed by atoms with van der Waals surface area (Å²) in [5.74, 6) is -2.26. The zero-order valence-electron chi connectivity index (χ0n) is 12.6. The van der Waals surface area contributed by atoms with Crippen LogP contribution in [0.4, 0.5) is 8.78 Å². The SMILES string of the molecule is COC(=O)c1ccc([C@H]2C[C@@H](C3CC(F)(F)C3)CCN2)cc1. The van der Waals surface area contributed by atoms with Gasteiger partial charge in [-0.15, -0.1) is 0 Å². The number of halogens is 2. The molecule has 22 heavy (non-hydrogen) atoms. The summed E-state index contributed by atoms with van der Waals surface area (Å²) in [6.07, 6.45) is 1.95. The molecule has 1 saturated carbocycles. The molecule has 0 unspecified atom stereocenters. The lowest BCUT2D eigenvalue weighted by atomic mass is 9.68. The lowest BCUT2D eigenvalue weighted by Gasteiger charge is -2.43. The third-order valence-corrected chi connectivity index (χ3v) is 4.97. The minimum atomic E-state index is -2.44. The molecule has 1 aliphatic heterocycles. The summed E-state index contributed by atoms with van der Waals surface area (Å²) in [5.41, 5.74) is 1.63. The van der Waals surface area contributed by atoms with Gasteiger partial charge < -0.3 is 10.1 Å². The normalized spacial score (nSPS) is 28.0. The maximum Gasteiger partial charge on any atom is 0.337 e. The van der Waals surface area contributed by atoms with E-state index in [9.17, 15) is 13.6 Å². The van der Waals surface area contributed by atoms with Gasteiger partial charge in [-0.1, -0.05) is 12.1 Å². The number of hydrogen-bond donors (Lipinski definition) is 1. The van der Waals surface area contributed by atoms with Crippen molar-refractivity contribution < 1.29 is 18.3 Å². The van der Waals surface area contributed by atoms with E-state index in [0.29, 0.717) is 11.5 Å². The van der Waals surface area contributed by atoms with E-state index in [2.05, 4.69) is 10.1 Å². The Morgan fingerprint density at radius 3 is 2.50 bits per heavy atom. The Kier molecular flexibility index (Phi) is 4.17. The van der Waals surface area contributed by atoms with Gasteiger partial charge in [-0.3, -0.25) is 0 Å². The molecule has 0 amide bonds. The second-order valence-electron chi connectivity index (χ2n) is 6.43. The third kappa shape index (κ3) is 3.14. The number of carbonyl (C=O) groups excluding carboxylic acids is 1. The molecule has 1 aliphatic carbocycles. The maximum absolute atomic E-state index is 13.1. The van der Waals surface area contributed by atoms with Crippen LogP contribution in [0.15, 0.2) is 24.3 Å². The van der Waals surface area contributed by atoms with Gasteiger partial charge in [0.1, 0.15) is 0 Å². The number of carbonyl (C=O) groups is 1. The van der Waals surface area contributed by atoms with Crippen molar-refractivity contribution in [3.63, 3.8) is 0 Å². The average Bonchev–Trinajstić information content (AvgIpc) is 2.52. The van der Waals surface area contributed by atoms with Crippen LogP contribution in [0.25, 0.3) is 0 Å². The van der Waals surface area contributed by atoms with Crippen LogP contribution in [0.5, 0.6) is 0 Å². The van der Waals surface area contributed by atoms with E-state index in [1.165, 1.54) is 7.11 Å². The summed E-state index contributed by atoms with van der Waals surface area (Å²) in [6, 6.07) is 7.52. The number of hydrogen-bond acceptors (Lipinski definition) is 3. The van der Waals surface area contributed by atoms with E-state index in [-0.39, 0.29) is 30.8 Å². The Labute approximate surface area is 129 Å². The van der Waals surface area contributed by atoms with E-state index in [1.54, 1.807) is 12.1 Å². The minimum Gasteiger partial charge on any atom is -0.465 e. The van der Waals surface area contributed by atoms with Crippen LogP contribution < -0.4 is 5.32 Å². The van der Waals surface area contributed by atoms with Crippen molar-refractivity contribution in [3.8, 4) is 0 Å². The van der Waals surface area contributed by atoms with E-state index >= 15 is 0 Å². The highest BCUT2D eigenvalue weighted by molar-refractivity contribution is 5.89. The molecular weight excluding hydrogens is 288 g/mol. The second-order valence-corrected chi connectivity index (χ2v) is 6.43. The van der Waals surface area contributed by atoms with Gasteiger partial charge in [-0.25, -0.2) is 13.6 Å². The fourth-order valence-electron chi connectivity index (χ4n) is 3.64. The fraction of sp³-hybridized carbons (Fsp3) is 0.588. The van der Waals surface area contributed by atoms with E-state index in [1.807, 2.05) is 12.1 Å². The Balaban J connectivity index is 1.63. The van der Waals surface area contributed by atoms with E-state index in [4.69, 9.17) is 0 Å². The van der Waals surface area contributed by atoms with Gasteiger partial charge in [0.05, 0.1) is 12.7 Å². The molecule has 0 aromatic heterocycles. The molecule has 0 spiro atoms. The number of benzene rings is 1. The molecule has 1 aromatic rings. The molecule has 2 atom stereocenters. The Bertz CT molecular complexity index is 536. The number of methoxy groups -OCH3 is 1. The quantitative estimate of drug-likeness (QED) is 0.868. The van der Waals surface area contributed by atoms with Gasteiger partial charge in [0.2, 0.25) is 5.92 Å². The van der Waals surface area contributed by atoms with Crippen LogP contribution >= 0.6 is 0 Å². The molecule has 120 valence electrons. The van der Waals surface area contributed by atoms with Crippen molar-refractivity contribution in [2.45, 2.75) is 37.6 Å². The van der Waals surface area contributed by atoms with Crippen molar-refractivity contribution in [2.75, 3.05) is 13.7 Å². The van der Waals surface area contributed by atoms with Crippen molar-refractivity contribution in [1.82, 2.24) is 5.32 Å². The summed E-state index contributed by atoms with van der Waals surface area (Å²) in [7, 11) is 1.36. The summed E-state index contributed by atoms with van der Waals surface area (Å²) >= 11 is 0. The Morgan fingerprint density at radius 2 is 1.91 bits per heavy atom. The summed E-state index contributed by atoms with van der Waals surface area (Å²) in [5, 5.41) is 3.45. The lowest BCUT2D eigenvalue weighted by molar-refractivity contribution is -0.130. The van der Waals surface area contributed by atoms with Crippen molar-refractivity contribution in [3.05, 3.63) is 35.4 Å². The van der Waals surface area contributed by atoms with Crippen molar-refractivity contribution in [1.29, 1.82) is 0 Å². The highest BCUT2D eigenvalue weighted by atomic mass is 19.3. The van der Waals surface area contributed by atoms with Gasteiger partial charge >= 0.3 is 5.97 Å². The van der Waals surface area contributed by atoms with Crippen LogP contribution in [-0.2, 0) is 4.74 Å². The van der Waals surface area contributed by atoms with Crippen molar-refractivity contribution >= 4 is 5.97 Å². The van der Waals surface area contributed by atoms with Crippen LogP contribution in [0.2, 0.25) is 0 Å². The van der Waals surface area contributed by atoms with Crippen LogP contribution in [0.3, 0.4) is 0 Å². The summed E-state index contributed by atoms with van der Waals surface area (Å²) in [6.45, 7) is 0.857. The Morgan fingerprint density at radius 1 is 1.23 bits per heavy atom. The van der Waals surface area contributed by atoms with Gasteiger partial charge in [-0.05, 0) is 48.9 Å². The number of esters is 1. The molecule has 0 radical (unpaired) electrons. The molecule has 2 fully saturated rings. The van der Waals surface area contributed by atoms with Crippen LogP contribution in [-0.4, -0.2) is 25.5 Å². The predicted molar refractivity (Wildman–Crippen MR) is 78.9 cm³/mol. The monoisotopic (exact) mass is 309 g/mol. The Hall–Kier alpha value is -1.49. The maximum atomic E-state index is 13.1. The number of rotatable bonds is 3. The molecule has 3 nitrogen and oxygen atoms in total. The summed E-state index contributed by atoms with van der Waals surface area (Å²) < 4.78 is 30.8. The standard InChI is InChI=1S/C17H21F2NO2/c1-22-16(21)12-4-2-11(3-5-12)15-8-13(6-7-20-15)14-9-17(18,19)10-14/h2-5,13-15,20H,6-10H2,1H3/t13-,15+/m0/s1. The molecule has 5 heteroatoms. The third-order valence-electron chi connectivity index (χ3n) is 4.97. The predicted octanol–water partition coefficient (Wildman–Crippen LogP) is 3.56. The zero-order chi connectivity index (χ0) is 15.7. The molecule has 2 aliphatic rings. The first kappa shape index (κ1) is 15.4. The second kappa shape index (κ2) is 5.95. The van der Waals surface area contributed by atoms with Gasteiger partial charge in [0, 0.05) is 18.9 Å². The highest BCUT2D eigenvalue weighted by Gasteiger charge is 2.48. The number of alkyl halides is 2. The van der Waals surface area contributed by atoms with Crippen LogP contribution in [0, 0.1) is 11.8 Å². The largest absolute Gasteiger partial charge is 0.465 e. The zero-order valence-corrected chi connectivity index (χ0v) is 12.6. The van der Waals surface area contributed by atoms with Crippen LogP contribution in [0.1, 0.15) is 47.6 Å². The smallest absolute Gasteiger partial charge is 0.337 e. The minimum absolute atomic E-state index is 0.0473. The number of piperidine rings is 1. The van der Waals surface area contributed by atoms with E-state index < -0.39 is 5.92 Å². The van der Waals surface area contributed by atoms with Gasteiger partial charge in [0.25, 0.3) is 0 Å². The number of ether oxygens (including phenoxy) is 1. The molecule has 1 heterocycles. The fourth-order valence-corrected chi connectivity index (χ4v) is 3.64. The lowest BCUT2D eigenvalue weighted by Crippen LogP contribution is -2.44.